The minimum absolute atomic E-state index is 0.00633. The third-order valence-electron chi connectivity index (χ3n) is 5.95. The van der Waals surface area contributed by atoms with E-state index in [4.69, 9.17) is 21.1 Å². The number of carbonyl (C=O) groups excluding carboxylic acids is 1. The summed E-state index contributed by atoms with van der Waals surface area (Å²) < 4.78 is 13.5. The summed E-state index contributed by atoms with van der Waals surface area (Å²) in [6.07, 6.45) is 3.59. The molecule has 0 radical (unpaired) electrons. The Hall–Kier alpha value is -3.35. The molecule has 5 rings (SSSR count). The summed E-state index contributed by atoms with van der Waals surface area (Å²) in [6, 6.07) is 15.8. The van der Waals surface area contributed by atoms with Crippen molar-refractivity contribution >= 4 is 28.4 Å². The Morgan fingerprint density at radius 2 is 2.06 bits per heavy atom. The van der Waals surface area contributed by atoms with Crippen LogP contribution in [0.25, 0.3) is 22.2 Å². The maximum Gasteiger partial charge on any atom is 0.227 e. The van der Waals surface area contributed by atoms with Gasteiger partial charge in [-0.3, -0.25) is 19.2 Å². The minimum atomic E-state index is 0.00633. The van der Waals surface area contributed by atoms with E-state index in [2.05, 4.69) is 22.0 Å². The molecule has 0 bridgehead atoms. The van der Waals surface area contributed by atoms with E-state index in [0.717, 1.165) is 45.6 Å². The number of halogens is 1. The molecule has 3 heterocycles. The highest BCUT2D eigenvalue weighted by Gasteiger charge is 2.22. The van der Waals surface area contributed by atoms with Crippen LogP contribution in [-0.4, -0.2) is 40.6 Å². The van der Waals surface area contributed by atoms with Gasteiger partial charge in [0, 0.05) is 55.5 Å². The van der Waals surface area contributed by atoms with Gasteiger partial charge in [-0.25, -0.2) is 0 Å². The summed E-state index contributed by atoms with van der Waals surface area (Å²) in [6.45, 7) is 4.28. The highest BCUT2D eigenvalue weighted by molar-refractivity contribution is 6.30. The molecule has 4 aromatic rings. The smallest absolute Gasteiger partial charge is 0.227 e. The van der Waals surface area contributed by atoms with Crippen LogP contribution in [0.5, 0.6) is 11.5 Å². The highest BCUT2D eigenvalue weighted by Crippen LogP contribution is 2.38. The zero-order valence-corrected chi connectivity index (χ0v) is 19.3. The second kappa shape index (κ2) is 8.89. The predicted molar refractivity (Wildman–Crippen MR) is 129 cm³/mol. The lowest BCUT2D eigenvalue weighted by atomic mass is 10.0. The van der Waals surface area contributed by atoms with Crippen molar-refractivity contribution in [1.29, 1.82) is 0 Å². The van der Waals surface area contributed by atoms with Crippen LogP contribution in [0.3, 0.4) is 0 Å². The number of rotatable bonds is 4. The van der Waals surface area contributed by atoms with Crippen molar-refractivity contribution in [2.24, 2.45) is 0 Å². The van der Waals surface area contributed by atoms with Crippen molar-refractivity contribution in [2.75, 3.05) is 20.3 Å². The number of nitrogens with zero attached hydrogens (tertiary/aromatic N) is 3. The third-order valence-corrected chi connectivity index (χ3v) is 6.17. The molecule has 0 saturated carbocycles. The van der Waals surface area contributed by atoms with Crippen molar-refractivity contribution in [2.45, 2.75) is 20.0 Å². The van der Waals surface area contributed by atoms with Gasteiger partial charge in [0.15, 0.2) is 11.5 Å². The van der Waals surface area contributed by atoms with Crippen LogP contribution in [-0.2, 0) is 13.1 Å². The van der Waals surface area contributed by atoms with Gasteiger partial charge >= 0.3 is 0 Å². The lowest BCUT2D eigenvalue weighted by Crippen LogP contribution is -2.25. The molecule has 6 nitrogen and oxygen atoms in total. The number of methoxy groups -OCH3 is 1. The molecule has 0 aliphatic carbocycles. The van der Waals surface area contributed by atoms with Crippen LogP contribution >= 0.6 is 11.6 Å². The number of aromatic nitrogens is 2. The number of hydrogen-bond acceptors (Lipinski definition) is 5. The van der Waals surface area contributed by atoms with Gasteiger partial charge in [0.25, 0.3) is 0 Å². The molecule has 0 amide bonds. The summed E-state index contributed by atoms with van der Waals surface area (Å²) in [5.41, 5.74) is 4.85. The van der Waals surface area contributed by atoms with Gasteiger partial charge in [-0.15, -0.1) is 0 Å². The lowest BCUT2D eigenvalue weighted by Gasteiger charge is -2.19. The highest BCUT2D eigenvalue weighted by atomic mass is 35.5. The maximum atomic E-state index is 12.1. The van der Waals surface area contributed by atoms with E-state index in [-0.39, 0.29) is 5.91 Å². The minimum Gasteiger partial charge on any atom is -0.493 e. The van der Waals surface area contributed by atoms with Gasteiger partial charge in [-0.05, 0) is 35.9 Å². The Morgan fingerprint density at radius 1 is 1.21 bits per heavy atom. The topological polar surface area (TPSA) is 56.6 Å². The molecule has 33 heavy (non-hydrogen) atoms. The van der Waals surface area contributed by atoms with Crippen LogP contribution in [0.1, 0.15) is 22.8 Å². The number of pyridine rings is 1. The number of hydrogen-bond donors (Lipinski definition) is 0. The largest absolute Gasteiger partial charge is 0.493 e. The van der Waals surface area contributed by atoms with Crippen LogP contribution in [0, 0.1) is 0 Å². The fourth-order valence-corrected chi connectivity index (χ4v) is 4.51. The second-order valence-electron chi connectivity index (χ2n) is 8.15. The van der Waals surface area contributed by atoms with E-state index in [0.29, 0.717) is 30.5 Å². The number of carbonyl (C=O) groups is 1. The first-order valence-corrected chi connectivity index (χ1v) is 11.2. The fraction of sp³-hybridized carbons (Fsp3) is 0.231. The van der Waals surface area contributed by atoms with Crippen molar-refractivity contribution < 1.29 is 14.3 Å². The van der Waals surface area contributed by atoms with Crippen molar-refractivity contribution in [3.05, 3.63) is 77.1 Å². The summed E-state index contributed by atoms with van der Waals surface area (Å²) in [7, 11) is 1.65. The molecule has 0 unspecified atom stereocenters. The van der Waals surface area contributed by atoms with Gasteiger partial charge in [0.2, 0.25) is 5.91 Å². The van der Waals surface area contributed by atoms with Gasteiger partial charge < -0.3 is 9.47 Å². The Labute approximate surface area is 197 Å². The Morgan fingerprint density at radius 3 is 2.82 bits per heavy atom. The molecule has 1 aliphatic rings. The summed E-state index contributed by atoms with van der Waals surface area (Å²) in [4.78, 5) is 18.9. The molecular formula is C26H24ClN3O3. The molecule has 2 aromatic carbocycles. The average molecular weight is 462 g/mol. The van der Waals surface area contributed by atoms with Crippen molar-refractivity contribution in [3.63, 3.8) is 0 Å². The average Bonchev–Trinajstić information content (AvgIpc) is 3.05. The molecule has 0 N–H and O–H groups in total. The molecule has 7 heteroatoms. The van der Waals surface area contributed by atoms with Crippen molar-refractivity contribution in [3.8, 4) is 22.8 Å². The maximum absolute atomic E-state index is 12.1. The zero-order valence-electron chi connectivity index (χ0n) is 18.5. The molecule has 168 valence electrons. The first kappa shape index (κ1) is 21.5. The Balaban J connectivity index is 1.50. The van der Waals surface area contributed by atoms with E-state index in [1.807, 2.05) is 42.6 Å². The van der Waals surface area contributed by atoms with Gasteiger partial charge in [-0.2, -0.15) is 0 Å². The lowest BCUT2D eigenvalue weighted by molar-refractivity contribution is 0.0941. The normalized spacial score (nSPS) is 13.9. The number of fused-ring (bicyclic) bond motifs is 2. The van der Waals surface area contributed by atoms with Crippen LogP contribution in [0.4, 0.5) is 0 Å². The van der Waals surface area contributed by atoms with Gasteiger partial charge in [0.1, 0.15) is 6.61 Å². The number of para-hydroxylation sites is 1. The summed E-state index contributed by atoms with van der Waals surface area (Å²) in [5.74, 6) is 1.46. The molecule has 1 aliphatic heterocycles. The van der Waals surface area contributed by atoms with E-state index in [1.165, 1.54) is 0 Å². The number of ether oxygens (including phenoxy) is 2. The second-order valence-corrected chi connectivity index (χ2v) is 8.58. The Kier molecular flexibility index (Phi) is 5.79. The van der Waals surface area contributed by atoms with Gasteiger partial charge in [0.05, 0.1) is 23.3 Å². The van der Waals surface area contributed by atoms with Crippen LogP contribution in [0.2, 0.25) is 5.02 Å². The van der Waals surface area contributed by atoms with Crippen molar-refractivity contribution in [1.82, 2.24) is 14.5 Å². The number of benzene rings is 2. The first-order chi connectivity index (χ1) is 16.0. The Bertz CT molecular complexity index is 1330. The summed E-state index contributed by atoms with van der Waals surface area (Å²) >= 11 is 6.02. The molecule has 0 atom stereocenters. The van der Waals surface area contributed by atoms with Crippen LogP contribution in [0.15, 0.2) is 60.9 Å². The monoisotopic (exact) mass is 461 g/mol. The molecule has 0 saturated heterocycles. The first-order valence-electron chi connectivity index (χ1n) is 10.8. The fourth-order valence-electron chi connectivity index (χ4n) is 4.40. The van der Waals surface area contributed by atoms with E-state index in [1.54, 1.807) is 24.8 Å². The van der Waals surface area contributed by atoms with Crippen LogP contribution < -0.4 is 9.47 Å². The SMILES string of the molecule is COc1cc(-c2ccc(Cl)cn2)cc2c1OCCN(Cc1cn(C(C)=O)c3ccccc13)C2. The quantitative estimate of drug-likeness (QED) is 0.406. The van der Waals surface area contributed by atoms with Gasteiger partial charge in [-0.1, -0.05) is 29.8 Å². The van der Waals surface area contributed by atoms with E-state index >= 15 is 0 Å². The molecule has 0 spiro atoms. The predicted octanol–water partition coefficient (Wildman–Crippen LogP) is 5.42. The zero-order chi connectivity index (χ0) is 22.9. The molecular weight excluding hydrogens is 438 g/mol. The van der Waals surface area contributed by atoms with E-state index in [9.17, 15) is 4.79 Å². The standard InChI is InChI=1S/C26H24ClN3O3/c1-17(31)30-16-20(22-5-3-4-6-24(22)30)15-29-9-10-33-26-19(14-29)11-18(12-25(26)32-2)23-8-7-21(27)13-28-23/h3-8,11-13,16H,9-10,14-15H2,1-2H3. The molecule has 0 fully saturated rings. The molecule has 2 aromatic heterocycles. The third kappa shape index (κ3) is 4.19. The van der Waals surface area contributed by atoms with E-state index < -0.39 is 0 Å². The summed E-state index contributed by atoms with van der Waals surface area (Å²) in [5, 5.41) is 1.69.